The van der Waals surface area contributed by atoms with Gasteiger partial charge in [0.15, 0.2) is 0 Å². The summed E-state index contributed by atoms with van der Waals surface area (Å²) >= 11 is 1.53. The lowest BCUT2D eigenvalue weighted by Crippen LogP contribution is -1.97. The van der Waals surface area contributed by atoms with Crippen molar-refractivity contribution < 1.29 is 15.0 Å². The van der Waals surface area contributed by atoms with Crippen molar-refractivity contribution in [2.75, 3.05) is 12.4 Å². The number of aromatic nitrogens is 2. The lowest BCUT2D eigenvalue weighted by Gasteiger charge is -2.04. The summed E-state index contributed by atoms with van der Waals surface area (Å²) in [4.78, 5) is 19.1. The second-order valence-corrected chi connectivity index (χ2v) is 4.73. The summed E-state index contributed by atoms with van der Waals surface area (Å²) in [5, 5.41) is 19.3. The molecule has 0 saturated carbocycles. The second kappa shape index (κ2) is 5.79. The van der Waals surface area contributed by atoms with Crippen LogP contribution in [0.4, 0.5) is 0 Å². The third kappa shape index (κ3) is 2.77. The number of rotatable bonds is 5. The molecule has 2 aromatic rings. The molecule has 5 nitrogen and oxygen atoms in total. The zero-order valence-electron chi connectivity index (χ0n) is 9.54. The summed E-state index contributed by atoms with van der Waals surface area (Å²) in [6, 6.07) is 4.81. The number of carboxylic acids is 1. The Morgan fingerprint density at radius 2 is 2.17 bits per heavy atom. The lowest BCUT2D eigenvalue weighted by molar-refractivity contribution is 0.0697. The molecule has 0 aliphatic heterocycles. The molecule has 0 spiro atoms. The summed E-state index contributed by atoms with van der Waals surface area (Å²) in [6.45, 7) is 0.152. The van der Waals surface area contributed by atoms with Crippen molar-refractivity contribution in [3.8, 4) is 0 Å². The standard InChI is InChI=1S/C12H12N2O3S/c15-4-1-5-18-11-9-3-2-8(12(16)17)6-10(9)13-7-14-11/h2-3,6-7,15H,1,4-5H2,(H,16,17). The molecule has 2 rings (SSSR count). The van der Waals surface area contributed by atoms with Crippen molar-refractivity contribution in [1.82, 2.24) is 9.97 Å². The second-order valence-electron chi connectivity index (χ2n) is 3.64. The van der Waals surface area contributed by atoms with E-state index in [9.17, 15) is 4.79 Å². The van der Waals surface area contributed by atoms with Gasteiger partial charge in [-0.3, -0.25) is 0 Å². The van der Waals surface area contributed by atoms with E-state index < -0.39 is 5.97 Å². The van der Waals surface area contributed by atoms with E-state index in [0.29, 0.717) is 11.9 Å². The van der Waals surface area contributed by atoms with E-state index >= 15 is 0 Å². The van der Waals surface area contributed by atoms with Crippen LogP contribution >= 0.6 is 11.8 Å². The number of aliphatic hydroxyl groups is 1. The highest BCUT2D eigenvalue weighted by Gasteiger charge is 2.08. The van der Waals surface area contributed by atoms with Crippen LogP contribution in [0.15, 0.2) is 29.6 Å². The van der Waals surface area contributed by atoms with Gasteiger partial charge in [-0.1, -0.05) is 0 Å². The molecule has 94 valence electrons. The zero-order valence-corrected chi connectivity index (χ0v) is 10.4. The Kier molecular flexibility index (Phi) is 4.11. The number of nitrogens with zero attached hydrogens (tertiary/aromatic N) is 2. The van der Waals surface area contributed by atoms with Gasteiger partial charge in [-0.2, -0.15) is 0 Å². The zero-order chi connectivity index (χ0) is 13.0. The van der Waals surface area contributed by atoms with Crippen LogP contribution in [-0.2, 0) is 0 Å². The summed E-state index contributed by atoms with van der Waals surface area (Å²) in [5.41, 5.74) is 0.837. The maximum absolute atomic E-state index is 10.9. The van der Waals surface area contributed by atoms with Crippen LogP contribution in [0.5, 0.6) is 0 Å². The minimum Gasteiger partial charge on any atom is -0.478 e. The van der Waals surface area contributed by atoms with Gasteiger partial charge in [-0.05, 0) is 24.6 Å². The van der Waals surface area contributed by atoms with Crippen molar-refractivity contribution in [3.05, 3.63) is 30.1 Å². The van der Waals surface area contributed by atoms with Gasteiger partial charge in [0.1, 0.15) is 11.4 Å². The van der Waals surface area contributed by atoms with Crippen LogP contribution in [0.3, 0.4) is 0 Å². The molecule has 2 N–H and O–H groups in total. The fourth-order valence-corrected chi connectivity index (χ4v) is 2.43. The molecule has 0 saturated heterocycles. The highest BCUT2D eigenvalue weighted by Crippen LogP contribution is 2.25. The van der Waals surface area contributed by atoms with Gasteiger partial charge in [0.25, 0.3) is 0 Å². The van der Waals surface area contributed by atoms with E-state index in [1.54, 1.807) is 12.1 Å². The molecular formula is C12H12N2O3S. The van der Waals surface area contributed by atoms with Crippen molar-refractivity contribution in [2.45, 2.75) is 11.4 Å². The van der Waals surface area contributed by atoms with Crippen LogP contribution in [-0.4, -0.2) is 38.5 Å². The predicted octanol–water partition coefficient (Wildman–Crippen LogP) is 1.80. The van der Waals surface area contributed by atoms with Crippen LogP contribution < -0.4 is 0 Å². The molecule has 1 aromatic heterocycles. The average molecular weight is 264 g/mol. The van der Waals surface area contributed by atoms with Gasteiger partial charge in [-0.15, -0.1) is 11.8 Å². The predicted molar refractivity (Wildman–Crippen MR) is 68.9 cm³/mol. The van der Waals surface area contributed by atoms with Gasteiger partial charge >= 0.3 is 5.97 Å². The molecule has 0 amide bonds. The molecule has 0 bridgehead atoms. The Labute approximate surface area is 108 Å². The molecule has 0 radical (unpaired) electrons. The van der Waals surface area contributed by atoms with Crippen LogP contribution in [0.2, 0.25) is 0 Å². The third-order valence-corrected chi connectivity index (χ3v) is 3.48. The Bertz CT molecular complexity index is 574. The van der Waals surface area contributed by atoms with E-state index in [2.05, 4.69) is 9.97 Å². The van der Waals surface area contributed by atoms with Crippen molar-refractivity contribution in [3.63, 3.8) is 0 Å². The normalized spacial score (nSPS) is 10.7. The number of aliphatic hydroxyl groups excluding tert-OH is 1. The molecular weight excluding hydrogens is 252 g/mol. The van der Waals surface area contributed by atoms with Gasteiger partial charge in [0.05, 0.1) is 11.1 Å². The molecule has 1 heterocycles. The number of aromatic carboxylic acids is 1. The molecule has 0 atom stereocenters. The number of carboxylic acid groups (broad SMARTS) is 1. The SMILES string of the molecule is O=C(O)c1ccc2c(SCCCO)ncnc2c1. The molecule has 0 aliphatic rings. The Balaban J connectivity index is 2.34. The minimum absolute atomic E-state index is 0.152. The molecule has 0 aliphatic carbocycles. The lowest BCUT2D eigenvalue weighted by atomic mass is 10.1. The molecule has 6 heteroatoms. The van der Waals surface area contributed by atoms with Crippen molar-refractivity contribution in [1.29, 1.82) is 0 Å². The van der Waals surface area contributed by atoms with E-state index in [0.717, 1.165) is 16.2 Å². The number of carbonyl (C=O) groups is 1. The van der Waals surface area contributed by atoms with Crippen molar-refractivity contribution >= 4 is 28.6 Å². The highest BCUT2D eigenvalue weighted by molar-refractivity contribution is 7.99. The fourth-order valence-electron chi connectivity index (χ4n) is 1.51. The maximum Gasteiger partial charge on any atom is 0.335 e. The third-order valence-electron chi connectivity index (χ3n) is 2.39. The molecule has 0 fully saturated rings. The average Bonchev–Trinajstić information content (AvgIpc) is 2.38. The van der Waals surface area contributed by atoms with E-state index in [-0.39, 0.29) is 12.2 Å². The number of benzene rings is 1. The van der Waals surface area contributed by atoms with Gasteiger partial charge in [0, 0.05) is 17.7 Å². The number of fused-ring (bicyclic) bond motifs is 1. The largest absolute Gasteiger partial charge is 0.478 e. The van der Waals surface area contributed by atoms with Crippen LogP contribution in [0.1, 0.15) is 16.8 Å². The van der Waals surface area contributed by atoms with Crippen LogP contribution in [0.25, 0.3) is 10.9 Å². The first kappa shape index (κ1) is 12.8. The maximum atomic E-state index is 10.9. The smallest absolute Gasteiger partial charge is 0.335 e. The van der Waals surface area contributed by atoms with E-state index in [1.807, 2.05) is 0 Å². The topological polar surface area (TPSA) is 83.3 Å². The Morgan fingerprint density at radius 3 is 2.89 bits per heavy atom. The monoisotopic (exact) mass is 264 g/mol. The van der Waals surface area contributed by atoms with Crippen molar-refractivity contribution in [2.24, 2.45) is 0 Å². The van der Waals surface area contributed by atoms with Gasteiger partial charge in [-0.25, -0.2) is 14.8 Å². The Hall–Kier alpha value is -1.66. The quantitative estimate of drug-likeness (QED) is 0.487. The summed E-state index contributed by atoms with van der Waals surface area (Å²) in [7, 11) is 0. The van der Waals surface area contributed by atoms with Gasteiger partial charge in [0.2, 0.25) is 0 Å². The summed E-state index contributed by atoms with van der Waals surface area (Å²) in [5.74, 6) is -0.200. The summed E-state index contributed by atoms with van der Waals surface area (Å²) < 4.78 is 0. The Morgan fingerprint density at radius 1 is 1.33 bits per heavy atom. The first-order chi connectivity index (χ1) is 8.72. The fraction of sp³-hybridized carbons (Fsp3) is 0.250. The number of hydrogen-bond acceptors (Lipinski definition) is 5. The van der Waals surface area contributed by atoms with Crippen LogP contribution in [0, 0.1) is 0 Å². The number of hydrogen-bond donors (Lipinski definition) is 2. The first-order valence-electron chi connectivity index (χ1n) is 5.44. The molecule has 18 heavy (non-hydrogen) atoms. The highest BCUT2D eigenvalue weighted by atomic mass is 32.2. The van der Waals surface area contributed by atoms with E-state index in [1.165, 1.54) is 24.2 Å². The first-order valence-corrected chi connectivity index (χ1v) is 6.42. The van der Waals surface area contributed by atoms with E-state index in [4.69, 9.17) is 10.2 Å². The van der Waals surface area contributed by atoms with Gasteiger partial charge < -0.3 is 10.2 Å². The molecule has 0 unspecified atom stereocenters. The molecule has 1 aromatic carbocycles. The minimum atomic E-state index is -0.968. The summed E-state index contributed by atoms with van der Waals surface area (Å²) in [6.07, 6.45) is 2.12. The number of thioether (sulfide) groups is 1.